The zero-order chi connectivity index (χ0) is 10.1. The molecule has 0 saturated heterocycles. The Bertz CT molecular complexity index is 247. The summed E-state index contributed by atoms with van der Waals surface area (Å²) in [6.45, 7) is 4.36. The van der Waals surface area contributed by atoms with E-state index in [-0.39, 0.29) is 5.92 Å². The highest BCUT2D eigenvalue weighted by Gasteiger charge is 1.80. The Hall–Kier alpha value is -1.33. The Morgan fingerprint density at radius 1 is 1.31 bits per heavy atom. The van der Waals surface area contributed by atoms with Gasteiger partial charge in [-0.15, -0.1) is 0 Å². The normalized spacial score (nSPS) is 8.54. The van der Waals surface area contributed by atoms with Gasteiger partial charge in [-0.3, -0.25) is 0 Å². The Labute approximate surface area is 80.0 Å². The molecule has 0 aliphatic carbocycles. The van der Waals surface area contributed by atoms with Crippen molar-refractivity contribution in [1.82, 2.24) is 0 Å². The van der Waals surface area contributed by atoms with Gasteiger partial charge in [-0.25, -0.2) is 0 Å². The van der Waals surface area contributed by atoms with Crippen molar-refractivity contribution in [1.29, 1.82) is 5.26 Å². The summed E-state index contributed by atoms with van der Waals surface area (Å²) < 4.78 is 0. The summed E-state index contributed by atoms with van der Waals surface area (Å²) in [6, 6.07) is 12.0. The average Bonchev–Trinajstić information content (AvgIpc) is 2.20. The van der Waals surface area contributed by atoms with E-state index < -0.39 is 0 Å². The van der Waals surface area contributed by atoms with Crippen LogP contribution in [0.2, 0.25) is 0 Å². The molecular weight excluding hydrogens is 160 g/mol. The minimum absolute atomic E-state index is 0.190. The van der Waals surface area contributed by atoms with Gasteiger partial charge in [0.2, 0.25) is 0 Å². The maximum atomic E-state index is 7.89. The van der Waals surface area contributed by atoms with Gasteiger partial charge < -0.3 is 5.73 Å². The third kappa shape index (κ3) is 7.04. The van der Waals surface area contributed by atoms with E-state index in [1.807, 2.05) is 50.2 Å². The standard InChI is InChI=1S/C7H9N.C4H7N/c8-6-7-4-2-1-3-5-7;1-4(2)3-5/h1-5H,6,8H2;4H,1-2H3. The molecule has 0 saturated carbocycles. The number of benzene rings is 1. The SMILES string of the molecule is CC(C)C#N.NCc1ccccc1. The molecule has 1 rings (SSSR count). The van der Waals surface area contributed by atoms with Crippen LogP contribution in [0.4, 0.5) is 0 Å². The molecular formula is C11H16N2. The van der Waals surface area contributed by atoms with Gasteiger partial charge in [0.1, 0.15) is 0 Å². The lowest BCUT2D eigenvalue weighted by Crippen LogP contribution is -1.94. The average molecular weight is 176 g/mol. The van der Waals surface area contributed by atoms with Crippen molar-refractivity contribution in [3.63, 3.8) is 0 Å². The van der Waals surface area contributed by atoms with Crippen molar-refractivity contribution in [2.24, 2.45) is 11.7 Å². The molecule has 0 radical (unpaired) electrons. The lowest BCUT2D eigenvalue weighted by molar-refractivity contribution is 0.849. The fraction of sp³-hybridized carbons (Fsp3) is 0.364. The first kappa shape index (κ1) is 11.7. The van der Waals surface area contributed by atoms with E-state index in [9.17, 15) is 0 Å². The van der Waals surface area contributed by atoms with Gasteiger partial charge in [0.25, 0.3) is 0 Å². The van der Waals surface area contributed by atoms with Crippen LogP contribution in [0.15, 0.2) is 30.3 Å². The minimum Gasteiger partial charge on any atom is -0.326 e. The monoisotopic (exact) mass is 176 g/mol. The van der Waals surface area contributed by atoms with E-state index in [0.29, 0.717) is 6.54 Å². The van der Waals surface area contributed by atoms with Crippen LogP contribution in [-0.2, 0) is 6.54 Å². The number of hydrogen-bond donors (Lipinski definition) is 1. The van der Waals surface area contributed by atoms with Crippen LogP contribution in [0.5, 0.6) is 0 Å². The number of nitrogens with zero attached hydrogens (tertiary/aromatic N) is 1. The van der Waals surface area contributed by atoms with Crippen molar-refractivity contribution in [3.8, 4) is 6.07 Å². The molecule has 0 heterocycles. The van der Waals surface area contributed by atoms with Crippen LogP contribution in [-0.4, -0.2) is 0 Å². The fourth-order valence-electron chi connectivity index (χ4n) is 0.614. The Morgan fingerprint density at radius 2 is 1.77 bits per heavy atom. The molecule has 0 unspecified atom stereocenters. The minimum atomic E-state index is 0.190. The van der Waals surface area contributed by atoms with Gasteiger partial charge in [0.05, 0.1) is 6.07 Å². The van der Waals surface area contributed by atoms with Gasteiger partial charge in [0.15, 0.2) is 0 Å². The molecule has 0 aliphatic rings. The second-order valence-electron chi connectivity index (χ2n) is 2.97. The Morgan fingerprint density at radius 3 is 2.00 bits per heavy atom. The van der Waals surface area contributed by atoms with Crippen molar-refractivity contribution in [2.75, 3.05) is 0 Å². The zero-order valence-electron chi connectivity index (χ0n) is 8.20. The van der Waals surface area contributed by atoms with Gasteiger partial charge in [-0.05, 0) is 19.4 Å². The summed E-state index contributed by atoms with van der Waals surface area (Å²) in [6.07, 6.45) is 0. The van der Waals surface area contributed by atoms with Crippen LogP contribution in [0.25, 0.3) is 0 Å². The lowest BCUT2D eigenvalue weighted by atomic mass is 10.2. The van der Waals surface area contributed by atoms with Crippen molar-refractivity contribution < 1.29 is 0 Å². The molecule has 0 fully saturated rings. The Kier molecular flexibility index (Phi) is 6.58. The number of hydrogen-bond acceptors (Lipinski definition) is 2. The molecule has 2 nitrogen and oxygen atoms in total. The topological polar surface area (TPSA) is 49.8 Å². The molecule has 0 atom stereocenters. The molecule has 0 aromatic heterocycles. The fourth-order valence-corrected chi connectivity index (χ4v) is 0.614. The summed E-state index contributed by atoms with van der Waals surface area (Å²) in [5.41, 5.74) is 6.54. The maximum Gasteiger partial charge on any atom is 0.0649 e. The quantitative estimate of drug-likeness (QED) is 0.713. The zero-order valence-corrected chi connectivity index (χ0v) is 8.20. The third-order valence-electron chi connectivity index (χ3n) is 1.34. The summed E-state index contributed by atoms with van der Waals surface area (Å²) >= 11 is 0. The highest BCUT2D eigenvalue weighted by atomic mass is 14.5. The van der Waals surface area contributed by atoms with Crippen molar-refractivity contribution in [2.45, 2.75) is 20.4 Å². The third-order valence-corrected chi connectivity index (χ3v) is 1.34. The first-order chi connectivity index (χ1) is 6.20. The molecule has 1 aromatic rings. The largest absolute Gasteiger partial charge is 0.326 e. The molecule has 0 spiro atoms. The predicted octanol–water partition coefficient (Wildman–Crippen LogP) is 2.31. The predicted molar refractivity (Wildman–Crippen MR) is 54.8 cm³/mol. The molecule has 13 heavy (non-hydrogen) atoms. The van der Waals surface area contributed by atoms with Gasteiger partial charge in [-0.2, -0.15) is 5.26 Å². The molecule has 0 amide bonds. The highest BCUT2D eigenvalue weighted by molar-refractivity contribution is 5.13. The van der Waals surface area contributed by atoms with Crippen LogP contribution < -0.4 is 5.73 Å². The van der Waals surface area contributed by atoms with E-state index in [2.05, 4.69) is 0 Å². The Balaban J connectivity index is 0.000000252. The first-order valence-electron chi connectivity index (χ1n) is 4.34. The van der Waals surface area contributed by atoms with Crippen molar-refractivity contribution in [3.05, 3.63) is 35.9 Å². The molecule has 1 aromatic carbocycles. The van der Waals surface area contributed by atoms with E-state index in [0.717, 1.165) is 0 Å². The second kappa shape index (κ2) is 7.33. The second-order valence-corrected chi connectivity index (χ2v) is 2.97. The van der Waals surface area contributed by atoms with Gasteiger partial charge in [0, 0.05) is 12.5 Å². The van der Waals surface area contributed by atoms with Gasteiger partial charge in [-0.1, -0.05) is 30.3 Å². The molecule has 2 heteroatoms. The van der Waals surface area contributed by atoms with E-state index >= 15 is 0 Å². The molecule has 0 bridgehead atoms. The van der Waals surface area contributed by atoms with Crippen LogP contribution in [0.1, 0.15) is 19.4 Å². The lowest BCUT2D eigenvalue weighted by Gasteiger charge is -1.90. The van der Waals surface area contributed by atoms with E-state index in [1.54, 1.807) is 0 Å². The van der Waals surface area contributed by atoms with Crippen LogP contribution in [0.3, 0.4) is 0 Å². The first-order valence-corrected chi connectivity index (χ1v) is 4.34. The maximum absolute atomic E-state index is 7.89. The van der Waals surface area contributed by atoms with Crippen LogP contribution in [0, 0.1) is 17.2 Å². The smallest absolute Gasteiger partial charge is 0.0649 e. The van der Waals surface area contributed by atoms with E-state index in [4.69, 9.17) is 11.0 Å². The van der Waals surface area contributed by atoms with Crippen LogP contribution >= 0.6 is 0 Å². The summed E-state index contributed by atoms with van der Waals surface area (Å²) in [5, 5.41) is 7.89. The summed E-state index contributed by atoms with van der Waals surface area (Å²) in [5.74, 6) is 0.190. The molecule has 2 N–H and O–H groups in total. The van der Waals surface area contributed by atoms with Crippen molar-refractivity contribution >= 4 is 0 Å². The number of nitriles is 1. The number of nitrogens with two attached hydrogens (primary N) is 1. The summed E-state index contributed by atoms with van der Waals surface area (Å²) in [4.78, 5) is 0. The van der Waals surface area contributed by atoms with Gasteiger partial charge >= 0.3 is 0 Å². The highest BCUT2D eigenvalue weighted by Crippen LogP contribution is 1.94. The van der Waals surface area contributed by atoms with E-state index in [1.165, 1.54) is 5.56 Å². The number of rotatable bonds is 1. The summed E-state index contributed by atoms with van der Waals surface area (Å²) in [7, 11) is 0. The molecule has 0 aliphatic heterocycles. The molecule has 70 valence electrons.